The zero-order valence-electron chi connectivity index (χ0n) is 19.6. The number of anilines is 1. The second-order valence-corrected chi connectivity index (χ2v) is 9.01. The van der Waals surface area contributed by atoms with Gasteiger partial charge in [0.15, 0.2) is 0 Å². The van der Waals surface area contributed by atoms with Gasteiger partial charge in [0.25, 0.3) is 5.91 Å². The molecule has 2 atom stereocenters. The molecule has 1 saturated heterocycles. The van der Waals surface area contributed by atoms with Crippen molar-refractivity contribution in [3.05, 3.63) is 65.6 Å². The van der Waals surface area contributed by atoms with Gasteiger partial charge in [-0.05, 0) is 62.6 Å². The van der Waals surface area contributed by atoms with Gasteiger partial charge in [0.05, 0.1) is 24.7 Å². The van der Waals surface area contributed by atoms with Crippen LogP contribution in [0.2, 0.25) is 0 Å². The standard InChI is InChI=1S/C25H28F3N5O2/c1-16-8-9-18(12-20(16)31-24(35)21-13-29-22-7-3-4-11-33(21)22)17(2)30-23(34)15-32-10-5-6-19(14-32)25(26,27)28/h3-4,7-9,11-13,17,19H,5-6,10,14-15H2,1-2H3,(H,30,34)(H,31,35)/t17-,19?/m0/s1. The van der Waals surface area contributed by atoms with Crippen LogP contribution >= 0.6 is 0 Å². The Morgan fingerprint density at radius 3 is 2.80 bits per heavy atom. The van der Waals surface area contributed by atoms with Crippen LogP contribution in [0.5, 0.6) is 0 Å². The molecule has 1 aliphatic heterocycles. The van der Waals surface area contributed by atoms with Gasteiger partial charge in [-0.2, -0.15) is 13.2 Å². The maximum Gasteiger partial charge on any atom is 0.393 e. The van der Waals surface area contributed by atoms with Crippen LogP contribution in [0.25, 0.3) is 5.65 Å². The molecular weight excluding hydrogens is 459 g/mol. The lowest BCUT2D eigenvalue weighted by atomic mass is 9.97. The smallest absolute Gasteiger partial charge is 0.348 e. The predicted octanol–water partition coefficient (Wildman–Crippen LogP) is 4.35. The molecule has 1 aromatic carbocycles. The van der Waals surface area contributed by atoms with Crippen LogP contribution in [0.15, 0.2) is 48.8 Å². The molecule has 35 heavy (non-hydrogen) atoms. The normalized spacial score (nSPS) is 17.8. The fourth-order valence-corrected chi connectivity index (χ4v) is 4.37. The minimum atomic E-state index is -4.24. The number of likely N-dealkylation sites (tertiary alicyclic amines) is 1. The van der Waals surface area contributed by atoms with Gasteiger partial charge in [0.1, 0.15) is 11.3 Å². The molecule has 3 heterocycles. The van der Waals surface area contributed by atoms with Gasteiger partial charge in [-0.15, -0.1) is 0 Å². The Kier molecular flexibility index (Phi) is 7.11. The van der Waals surface area contributed by atoms with Crippen LogP contribution in [-0.2, 0) is 4.79 Å². The number of fused-ring (bicyclic) bond motifs is 1. The second-order valence-electron chi connectivity index (χ2n) is 9.01. The topological polar surface area (TPSA) is 78.7 Å². The lowest BCUT2D eigenvalue weighted by Gasteiger charge is -2.33. The molecule has 0 saturated carbocycles. The lowest BCUT2D eigenvalue weighted by Crippen LogP contribution is -2.46. The first-order chi connectivity index (χ1) is 16.6. The largest absolute Gasteiger partial charge is 0.393 e. The van der Waals surface area contributed by atoms with E-state index in [1.165, 1.54) is 6.20 Å². The highest BCUT2D eigenvalue weighted by atomic mass is 19.4. The van der Waals surface area contributed by atoms with E-state index in [4.69, 9.17) is 0 Å². The van der Waals surface area contributed by atoms with E-state index in [9.17, 15) is 22.8 Å². The van der Waals surface area contributed by atoms with Gasteiger partial charge in [-0.25, -0.2) is 4.98 Å². The van der Waals surface area contributed by atoms with Crippen LogP contribution in [0, 0.1) is 12.8 Å². The molecule has 4 rings (SSSR count). The number of nitrogens with one attached hydrogen (secondary N) is 2. The lowest BCUT2D eigenvalue weighted by molar-refractivity contribution is -0.187. The summed E-state index contributed by atoms with van der Waals surface area (Å²) in [6.07, 6.45) is -0.450. The Morgan fingerprint density at radius 1 is 1.23 bits per heavy atom. The predicted molar refractivity (Wildman–Crippen MR) is 126 cm³/mol. The summed E-state index contributed by atoms with van der Waals surface area (Å²) in [5.41, 5.74) is 3.27. The Labute approximate surface area is 201 Å². The van der Waals surface area contributed by atoms with Crippen molar-refractivity contribution in [2.24, 2.45) is 5.92 Å². The van der Waals surface area contributed by atoms with Crippen molar-refractivity contribution in [3.63, 3.8) is 0 Å². The summed E-state index contributed by atoms with van der Waals surface area (Å²) in [4.78, 5) is 31.2. The van der Waals surface area contributed by atoms with Crippen LogP contribution in [0.1, 0.15) is 47.4 Å². The van der Waals surface area contributed by atoms with E-state index in [0.717, 1.165) is 11.1 Å². The number of hydrogen-bond acceptors (Lipinski definition) is 4. The number of benzene rings is 1. The van der Waals surface area contributed by atoms with Crippen molar-refractivity contribution < 1.29 is 22.8 Å². The Hall–Kier alpha value is -3.40. The van der Waals surface area contributed by atoms with Gasteiger partial charge in [0.2, 0.25) is 5.91 Å². The molecule has 0 aliphatic carbocycles. The Morgan fingerprint density at radius 2 is 2.03 bits per heavy atom. The molecule has 1 unspecified atom stereocenters. The van der Waals surface area contributed by atoms with E-state index < -0.39 is 18.1 Å². The first-order valence-electron chi connectivity index (χ1n) is 11.5. The van der Waals surface area contributed by atoms with E-state index >= 15 is 0 Å². The van der Waals surface area contributed by atoms with Crippen molar-refractivity contribution in [1.29, 1.82) is 0 Å². The van der Waals surface area contributed by atoms with Gasteiger partial charge >= 0.3 is 6.18 Å². The summed E-state index contributed by atoms with van der Waals surface area (Å²) in [6.45, 7) is 3.90. The molecule has 3 aromatic rings. The number of piperidine rings is 1. The van der Waals surface area contributed by atoms with Crippen LogP contribution in [0.4, 0.5) is 18.9 Å². The van der Waals surface area contributed by atoms with E-state index in [2.05, 4.69) is 15.6 Å². The van der Waals surface area contributed by atoms with Gasteiger partial charge in [0, 0.05) is 18.4 Å². The minimum absolute atomic E-state index is 0.0827. The van der Waals surface area contributed by atoms with Gasteiger partial charge in [-0.3, -0.25) is 18.9 Å². The summed E-state index contributed by atoms with van der Waals surface area (Å²) >= 11 is 0. The van der Waals surface area contributed by atoms with E-state index in [1.807, 2.05) is 31.2 Å². The molecule has 0 spiro atoms. The molecule has 1 aliphatic rings. The average Bonchev–Trinajstić information content (AvgIpc) is 3.24. The molecule has 2 amide bonds. The Balaban J connectivity index is 1.39. The molecule has 7 nitrogen and oxygen atoms in total. The molecule has 10 heteroatoms. The van der Waals surface area contributed by atoms with Gasteiger partial charge < -0.3 is 10.6 Å². The number of imidazole rings is 1. The fourth-order valence-electron chi connectivity index (χ4n) is 4.37. The van der Waals surface area contributed by atoms with Crippen LogP contribution < -0.4 is 10.6 Å². The number of carbonyl (C=O) groups is 2. The number of hydrogen-bond donors (Lipinski definition) is 2. The second kappa shape index (κ2) is 10.1. The number of amides is 2. The van der Waals surface area contributed by atoms with Crippen molar-refractivity contribution in [3.8, 4) is 0 Å². The quantitative estimate of drug-likeness (QED) is 0.542. The van der Waals surface area contributed by atoms with E-state index in [1.54, 1.807) is 34.6 Å². The van der Waals surface area contributed by atoms with Crippen molar-refractivity contribution in [2.45, 2.75) is 38.9 Å². The van der Waals surface area contributed by atoms with Crippen LogP contribution in [-0.4, -0.2) is 51.9 Å². The van der Waals surface area contributed by atoms with Crippen molar-refractivity contribution in [1.82, 2.24) is 19.6 Å². The number of pyridine rings is 1. The SMILES string of the molecule is Cc1ccc([C@H](C)NC(=O)CN2CCCC(C(F)(F)F)C2)cc1NC(=O)c1cnc2ccccn12. The van der Waals surface area contributed by atoms with Crippen molar-refractivity contribution >= 4 is 23.1 Å². The maximum absolute atomic E-state index is 13.0. The highest BCUT2D eigenvalue weighted by Crippen LogP contribution is 2.33. The van der Waals surface area contributed by atoms with E-state index in [0.29, 0.717) is 30.0 Å². The summed E-state index contributed by atoms with van der Waals surface area (Å²) in [5, 5.41) is 5.77. The number of aryl methyl sites for hydroxylation is 1. The first-order valence-corrected chi connectivity index (χ1v) is 11.5. The number of rotatable bonds is 6. The number of carbonyl (C=O) groups excluding carboxylic acids is 2. The molecule has 186 valence electrons. The fraction of sp³-hybridized carbons (Fsp3) is 0.400. The summed E-state index contributed by atoms with van der Waals surface area (Å²) in [7, 11) is 0. The third-order valence-corrected chi connectivity index (χ3v) is 6.37. The zero-order chi connectivity index (χ0) is 25.2. The monoisotopic (exact) mass is 487 g/mol. The number of alkyl halides is 3. The highest BCUT2D eigenvalue weighted by molar-refractivity contribution is 6.04. The highest BCUT2D eigenvalue weighted by Gasteiger charge is 2.41. The third-order valence-electron chi connectivity index (χ3n) is 6.37. The molecule has 1 fully saturated rings. The summed E-state index contributed by atoms with van der Waals surface area (Å²) < 4.78 is 40.8. The summed E-state index contributed by atoms with van der Waals surface area (Å²) in [5.74, 6) is -2.04. The molecule has 2 N–H and O–H groups in total. The summed E-state index contributed by atoms with van der Waals surface area (Å²) in [6, 6.07) is 10.6. The zero-order valence-corrected chi connectivity index (χ0v) is 19.6. The number of nitrogens with zero attached hydrogens (tertiary/aromatic N) is 3. The van der Waals surface area contributed by atoms with E-state index in [-0.39, 0.29) is 31.3 Å². The minimum Gasteiger partial charge on any atom is -0.348 e. The Bertz CT molecular complexity index is 1220. The molecule has 2 aromatic heterocycles. The average molecular weight is 488 g/mol. The number of aromatic nitrogens is 2. The molecular formula is C25H28F3N5O2. The first kappa shape index (κ1) is 24.7. The number of halogens is 3. The molecule has 0 radical (unpaired) electrons. The van der Waals surface area contributed by atoms with Crippen molar-refractivity contribution in [2.75, 3.05) is 25.0 Å². The third kappa shape index (κ3) is 5.82. The van der Waals surface area contributed by atoms with Gasteiger partial charge in [-0.1, -0.05) is 18.2 Å². The van der Waals surface area contributed by atoms with Crippen LogP contribution in [0.3, 0.4) is 0 Å². The molecule has 0 bridgehead atoms. The maximum atomic E-state index is 13.0.